The maximum Gasteiger partial charge on any atom is 0.322 e. The molecule has 0 aliphatic heterocycles. The van der Waals surface area contributed by atoms with Gasteiger partial charge in [0, 0.05) is 18.2 Å². The van der Waals surface area contributed by atoms with Crippen LogP contribution in [0.25, 0.3) is 11.4 Å². The summed E-state index contributed by atoms with van der Waals surface area (Å²) in [6, 6.07) is 7.98. The standard InChI is InChI=1S/C18H25ClN4O3S/c1-12(2)27(24,25)20-11-13-7-9-14(10-8-13)21-18-22-17(23-26-18)15-5-3-4-6-16(15)19/h3-6,12-14,20H,7-11H2,1-2H3,(H,21,22,23). The fourth-order valence-electron chi connectivity index (χ4n) is 3.12. The van der Waals surface area contributed by atoms with Crippen molar-refractivity contribution in [3.8, 4) is 11.4 Å². The zero-order chi connectivity index (χ0) is 19.4. The van der Waals surface area contributed by atoms with Crippen LogP contribution in [-0.4, -0.2) is 36.4 Å². The molecule has 1 aromatic carbocycles. The minimum absolute atomic E-state index is 0.238. The molecule has 27 heavy (non-hydrogen) atoms. The Kier molecular flexibility index (Phi) is 6.39. The number of sulfonamides is 1. The summed E-state index contributed by atoms with van der Waals surface area (Å²) in [5.41, 5.74) is 0.733. The van der Waals surface area contributed by atoms with Crippen LogP contribution in [0.1, 0.15) is 39.5 Å². The molecule has 0 spiro atoms. The molecule has 1 aromatic heterocycles. The van der Waals surface area contributed by atoms with E-state index < -0.39 is 15.3 Å². The Labute approximate surface area is 164 Å². The van der Waals surface area contributed by atoms with Gasteiger partial charge in [-0.25, -0.2) is 13.1 Å². The van der Waals surface area contributed by atoms with Crippen LogP contribution < -0.4 is 10.0 Å². The molecule has 0 atom stereocenters. The van der Waals surface area contributed by atoms with Gasteiger partial charge in [0.1, 0.15) is 0 Å². The van der Waals surface area contributed by atoms with Gasteiger partial charge in [-0.2, -0.15) is 4.98 Å². The van der Waals surface area contributed by atoms with E-state index in [0.717, 1.165) is 31.2 Å². The van der Waals surface area contributed by atoms with Gasteiger partial charge in [-0.3, -0.25) is 0 Å². The monoisotopic (exact) mass is 412 g/mol. The molecule has 0 radical (unpaired) electrons. The van der Waals surface area contributed by atoms with Crippen molar-refractivity contribution in [3.63, 3.8) is 0 Å². The van der Waals surface area contributed by atoms with Crippen molar-refractivity contribution in [1.82, 2.24) is 14.9 Å². The van der Waals surface area contributed by atoms with E-state index in [1.54, 1.807) is 19.9 Å². The number of halogens is 1. The molecule has 2 N–H and O–H groups in total. The number of benzene rings is 1. The first-order valence-corrected chi connectivity index (χ1v) is 11.1. The summed E-state index contributed by atoms with van der Waals surface area (Å²) < 4.78 is 31.7. The van der Waals surface area contributed by atoms with Gasteiger partial charge in [0.25, 0.3) is 0 Å². The van der Waals surface area contributed by atoms with Gasteiger partial charge in [0.15, 0.2) is 0 Å². The Morgan fingerprint density at radius 1 is 1.22 bits per heavy atom. The number of anilines is 1. The highest BCUT2D eigenvalue weighted by Crippen LogP contribution is 2.28. The third-order valence-corrected chi connectivity index (χ3v) is 7.05. The van der Waals surface area contributed by atoms with Crippen molar-refractivity contribution >= 4 is 27.6 Å². The van der Waals surface area contributed by atoms with E-state index >= 15 is 0 Å². The quantitative estimate of drug-likeness (QED) is 0.719. The number of nitrogens with zero attached hydrogens (tertiary/aromatic N) is 2. The lowest BCUT2D eigenvalue weighted by Gasteiger charge is -2.28. The fraction of sp³-hybridized carbons (Fsp3) is 0.556. The highest BCUT2D eigenvalue weighted by Gasteiger charge is 2.25. The van der Waals surface area contributed by atoms with Crippen molar-refractivity contribution in [2.75, 3.05) is 11.9 Å². The average Bonchev–Trinajstić information content (AvgIpc) is 3.09. The zero-order valence-electron chi connectivity index (χ0n) is 15.5. The lowest BCUT2D eigenvalue weighted by molar-refractivity contribution is 0.330. The van der Waals surface area contributed by atoms with E-state index in [1.807, 2.05) is 18.2 Å². The molecular weight excluding hydrogens is 388 g/mol. The largest absolute Gasteiger partial charge is 0.335 e. The van der Waals surface area contributed by atoms with Gasteiger partial charge in [-0.05, 0) is 57.6 Å². The summed E-state index contributed by atoms with van der Waals surface area (Å²) >= 11 is 6.17. The SMILES string of the molecule is CC(C)S(=O)(=O)NCC1CCC(Nc2nc(-c3ccccc3Cl)no2)CC1. The lowest BCUT2D eigenvalue weighted by Crippen LogP contribution is -2.37. The summed E-state index contributed by atoms with van der Waals surface area (Å²) in [5, 5.41) is 7.45. The molecule has 1 fully saturated rings. The summed E-state index contributed by atoms with van der Waals surface area (Å²) in [7, 11) is -3.20. The van der Waals surface area contributed by atoms with Gasteiger partial charge in [-0.15, -0.1) is 0 Å². The van der Waals surface area contributed by atoms with Crippen molar-refractivity contribution in [2.45, 2.75) is 50.8 Å². The summed E-state index contributed by atoms with van der Waals surface area (Å²) in [6.07, 6.45) is 3.75. The second-order valence-corrected chi connectivity index (χ2v) is 9.94. The van der Waals surface area contributed by atoms with Crippen molar-refractivity contribution in [2.24, 2.45) is 5.92 Å². The number of hydrogen-bond donors (Lipinski definition) is 2. The second kappa shape index (κ2) is 8.58. The van der Waals surface area contributed by atoms with Crippen LogP contribution in [0.5, 0.6) is 0 Å². The number of hydrogen-bond acceptors (Lipinski definition) is 6. The number of aromatic nitrogens is 2. The molecule has 1 aliphatic carbocycles. The molecule has 3 rings (SSSR count). The molecule has 1 aliphatic rings. The summed E-state index contributed by atoms with van der Waals surface area (Å²) in [4.78, 5) is 4.38. The molecule has 0 amide bonds. The molecule has 0 saturated heterocycles. The number of nitrogens with one attached hydrogen (secondary N) is 2. The molecule has 0 bridgehead atoms. The van der Waals surface area contributed by atoms with E-state index in [-0.39, 0.29) is 6.04 Å². The molecule has 2 aromatic rings. The molecule has 1 saturated carbocycles. The highest BCUT2D eigenvalue weighted by molar-refractivity contribution is 7.90. The van der Waals surface area contributed by atoms with Crippen molar-refractivity contribution < 1.29 is 12.9 Å². The van der Waals surface area contributed by atoms with E-state index in [0.29, 0.717) is 29.3 Å². The van der Waals surface area contributed by atoms with Gasteiger partial charge >= 0.3 is 6.01 Å². The Balaban J connectivity index is 1.49. The molecule has 148 valence electrons. The van der Waals surface area contributed by atoms with Gasteiger partial charge in [-0.1, -0.05) is 28.9 Å². The van der Waals surface area contributed by atoms with Gasteiger partial charge < -0.3 is 9.84 Å². The van der Waals surface area contributed by atoms with Gasteiger partial charge in [0.05, 0.1) is 10.3 Å². The Morgan fingerprint density at radius 3 is 2.59 bits per heavy atom. The average molecular weight is 413 g/mol. The van der Waals surface area contributed by atoms with Crippen LogP contribution in [0.2, 0.25) is 5.02 Å². The van der Waals surface area contributed by atoms with E-state index in [4.69, 9.17) is 16.1 Å². The second-order valence-electron chi connectivity index (χ2n) is 7.21. The van der Waals surface area contributed by atoms with Crippen molar-refractivity contribution in [3.05, 3.63) is 29.3 Å². The molecule has 9 heteroatoms. The normalized spacial score (nSPS) is 20.7. The summed E-state index contributed by atoms with van der Waals surface area (Å²) in [6.45, 7) is 3.87. The predicted octanol–water partition coefficient (Wildman–Crippen LogP) is 3.69. The third kappa shape index (κ3) is 5.21. The van der Waals surface area contributed by atoms with E-state index in [9.17, 15) is 8.42 Å². The highest BCUT2D eigenvalue weighted by atomic mass is 35.5. The van der Waals surface area contributed by atoms with Crippen LogP contribution in [0, 0.1) is 5.92 Å². The first kappa shape index (κ1) is 20.1. The first-order valence-electron chi connectivity index (χ1n) is 9.19. The third-order valence-electron chi connectivity index (χ3n) is 4.91. The Bertz CT molecular complexity index is 861. The van der Waals surface area contributed by atoms with Gasteiger partial charge in [0.2, 0.25) is 15.8 Å². The lowest BCUT2D eigenvalue weighted by atomic mass is 9.86. The van der Waals surface area contributed by atoms with Crippen LogP contribution in [0.4, 0.5) is 6.01 Å². The molecule has 1 heterocycles. The van der Waals surface area contributed by atoms with Crippen LogP contribution in [0.3, 0.4) is 0 Å². The Hall–Kier alpha value is -1.64. The summed E-state index contributed by atoms with van der Waals surface area (Å²) in [5.74, 6) is 0.817. The maximum absolute atomic E-state index is 11.9. The predicted molar refractivity (Wildman–Crippen MR) is 106 cm³/mol. The Morgan fingerprint density at radius 2 is 1.93 bits per heavy atom. The topological polar surface area (TPSA) is 97.1 Å². The van der Waals surface area contributed by atoms with Crippen LogP contribution >= 0.6 is 11.6 Å². The van der Waals surface area contributed by atoms with E-state index in [1.165, 1.54) is 0 Å². The van der Waals surface area contributed by atoms with E-state index in [2.05, 4.69) is 20.2 Å². The molecular formula is C18H25ClN4O3S. The van der Waals surface area contributed by atoms with Crippen molar-refractivity contribution in [1.29, 1.82) is 0 Å². The smallest absolute Gasteiger partial charge is 0.322 e. The molecule has 7 nitrogen and oxygen atoms in total. The maximum atomic E-state index is 11.9. The first-order chi connectivity index (χ1) is 12.8. The zero-order valence-corrected chi connectivity index (χ0v) is 17.1. The fourth-order valence-corrected chi connectivity index (χ4v) is 4.14. The minimum atomic E-state index is -3.20. The van der Waals surface area contributed by atoms with Crippen LogP contribution in [-0.2, 0) is 10.0 Å². The molecule has 0 unspecified atom stereocenters. The minimum Gasteiger partial charge on any atom is -0.335 e. The number of rotatable bonds is 7. The van der Waals surface area contributed by atoms with Crippen LogP contribution in [0.15, 0.2) is 28.8 Å².